The molecule has 3 aromatic rings. The number of rotatable bonds is 6. The van der Waals surface area contributed by atoms with E-state index in [0.29, 0.717) is 16.3 Å². The minimum absolute atomic E-state index is 0.00718. The molecule has 0 aliphatic carbocycles. The zero-order chi connectivity index (χ0) is 21.1. The van der Waals surface area contributed by atoms with Gasteiger partial charge in [-0.15, -0.1) is 10.2 Å². The Bertz CT molecular complexity index is 1070. The molecule has 3 heterocycles. The van der Waals surface area contributed by atoms with Gasteiger partial charge in [0.1, 0.15) is 10.7 Å². The van der Waals surface area contributed by atoms with E-state index >= 15 is 0 Å². The first kappa shape index (κ1) is 21.0. The largest absolute Gasteiger partial charge is 0.477 e. The van der Waals surface area contributed by atoms with Crippen molar-refractivity contribution in [2.45, 2.75) is 24.5 Å². The SMILES string of the molecule is O=C(O)/C(=C/c1cc(Br)c(N2CCCCC2)o1)Sc1nnc(-c2ccc(Cl)cc2)o1. The fraction of sp³-hybridized carbons (Fsp3) is 0.250. The van der Waals surface area contributed by atoms with E-state index < -0.39 is 5.97 Å². The molecule has 0 unspecified atom stereocenters. The molecule has 7 nitrogen and oxygen atoms in total. The van der Waals surface area contributed by atoms with Crippen LogP contribution in [0.3, 0.4) is 0 Å². The Morgan fingerprint density at radius 2 is 1.90 bits per heavy atom. The van der Waals surface area contributed by atoms with E-state index in [1.807, 2.05) is 0 Å². The number of carboxylic acid groups (broad SMARTS) is 1. The second-order valence-electron chi connectivity index (χ2n) is 6.65. The van der Waals surface area contributed by atoms with Crippen LogP contribution in [0.5, 0.6) is 0 Å². The Morgan fingerprint density at radius 1 is 1.17 bits per heavy atom. The van der Waals surface area contributed by atoms with Crippen molar-refractivity contribution in [3.63, 3.8) is 0 Å². The van der Waals surface area contributed by atoms with E-state index in [1.165, 1.54) is 12.5 Å². The number of halogens is 2. The van der Waals surface area contributed by atoms with Crippen LogP contribution in [-0.4, -0.2) is 34.4 Å². The second-order valence-corrected chi connectivity index (χ2v) is 8.93. The van der Waals surface area contributed by atoms with Gasteiger partial charge in [-0.05, 0) is 71.2 Å². The van der Waals surface area contributed by atoms with Gasteiger partial charge in [-0.1, -0.05) is 11.6 Å². The highest BCUT2D eigenvalue weighted by Gasteiger charge is 2.20. The van der Waals surface area contributed by atoms with Gasteiger partial charge in [-0.3, -0.25) is 0 Å². The molecule has 156 valence electrons. The van der Waals surface area contributed by atoms with Crippen molar-refractivity contribution in [3.05, 3.63) is 50.5 Å². The molecular formula is C20H17BrClN3O4S. The summed E-state index contributed by atoms with van der Waals surface area (Å²) in [6.07, 6.45) is 4.89. The molecule has 0 atom stereocenters. The van der Waals surface area contributed by atoms with Crippen LogP contribution in [0.25, 0.3) is 17.5 Å². The number of piperidine rings is 1. The summed E-state index contributed by atoms with van der Waals surface area (Å²) in [6, 6.07) is 8.69. The first-order chi connectivity index (χ1) is 14.5. The number of benzene rings is 1. The minimum atomic E-state index is -1.11. The van der Waals surface area contributed by atoms with Crippen LogP contribution in [0.2, 0.25) is 5.02 Å². The lowest BCUT2D eigenvalue weighted by molar-refractivity contribution is -0.131. The summed E-state index contributed by atoms with van der Waals surface area (Å²) in [5.41, 5.74) is 0.695. The fourth-order valence-corrected chi connectivity index (χ4v) is 4.41. The van der Waals surface area contributed by atoms with Crippen molar-refractivity contribution < 1.29 is 18.7 Å². The Labute approximate surface area is 190 Å². The van der Waals surface area contributed by atoms with Crippen molar-refractivity contribution in [3.8, 4) is 11.5 Å². The van der Waals surface area contributed by atoms with Crippen molar-refractivity contribution in [2.24, 2.45) is 0 Å². The van der Waals surface area contributed by atoms with Crippen LogP contribution in [0.4, 0.5) is 5.88 Å². The molecular weight excluding hydrogens is 494 g/mol. The third-order valence-electron chi connectivity index (χ3n) is 4.51. The molecule has 10 heteroatoms. The molecule has 0 radical (unpaired) electrons. The van der Waals surface area contributed by atoms with Gasteiger partial charge in [0, 0.05) is 35.8 Å². The summed E-state index contributed by atoms with van der Waals surface area (Å²) in [5.74, 6) is 0.327. The maximum absolute atomic E-state index is 11.8. The predicted octanol–water partition coefficient (Wildman–Crippen LogP) is 5.95. The number of thioether (sulfide) groups is 1. The first-order valence-electron chi connectivity index (χ1n) is 9.26. The molecule has 1 aliphatic heterocycles. The summed E-state index contributed by atoms with van der Waals surface area (Å²) < 4.78 is 12.3. The van der Waals surface area contributed by atoms with Crippen LogP contribution < -0.4 is 4.90 Å². The van der Waals surface area contributed by atoms with Gasteiger partial charge in [0.05, 0.1) is 4.47 Å². The third-order valence-corrected chi connectivity index (χ3v) is 6.18. The summed E-state index contributed by atoms with van der Waals surface area (Å²) in [4.78, 5) is 13.9. The van der Waals surface area contributed by atoms with E-state index in [4.69, 9.17) is 20.4 Å². The first-order valence-corrected chi connectivity index (χ1v) is 11.2. The smallest absolute Gasteiger partial charge is 0.342 e. The number of aliphatic carboxylic acids is 1. The molecule has 0 spiro atoms. The Balaban J connectivity index is 1.54. The Hall–Kier alpha value is -2.23. The van der Waals surface area contributed by atoms with Crippen LogP contribution in [0, 0.1) is 0 Å². The fourth-order valence-electron chi connectivity index (χ4n) is 3.08. The molecule has 0 amide bonds. The van der Waals surface area contributed by atoms with Crippen molar-refractivity contribution in [1.82, 2.24) is 10.2 Å². The van der Waals surface area contributed by atoms with Gasteiger partial charge >= 0.3 is 5.97 Å². The number of hydrogen-bond donors (Lipinski definition) is 1. The van der Waals surface area contributed by atoms with Gasteiger partial charge in [0.2, 0.25) is 11.8 Å². The highest BCUT2D eigenvalue weighted by molar-refractivity contribution is 9.10. The summed E-state index contributed by atoms with van der Waals surface area (Å²) >= 11 is 10.3. The van der Waals surface area contributed by atoms with Crippen molar-refractivity contribution in [1.29, 1.82) is 0 Å². The van der Waals surface area contributed by atoms with Crippen LogP contribution in [0.1, 0.15) is 25.0 Å². The Morgan fingerprint density at radius 3 is 2.60 bits per heavy atom. The molecule has 1 saturated heterocycles. The van der Waals surface area contributed by atoms with Gasteiger partial charge in [0.25, 0.3) is 5.22 Å². The molecule has 0 bridgehead atoms. The quantitative estimate of drug-likeness (QED) is 0.321. The number of furan rings is 1. The van der Waals surface area contributed by atoms with Gasteiger partial charge in [-0.2, -0.15) is 0 Å². The van der Waals surface area contributed by atoms with E-state index in [2.05, 4.69) is 31.0 Å². The van der Waals surface area contributed by atoms with Crippen LogP contribution >= 0.6 is 39.3 Å². The standard InChI is InChI=1S/C20H17BrClN3O4S/c21-15-10-14(28-18(15)25-8-2-1-3-9-25)11-16(19(26)27)30-20-24-23-17(29-20)12-4-6-13(22)7-5-12/h4-7,10-11H,1-3,8-9H2,(H,26,27)/b16-11-. The highest BCUT2D eigenvalue weighted by atomic mass is 79.9. The monoisotopic (exact) mass is 509 g/mol. The molecule has 2 aromatic heterocycles. The number of hydrogen-bond acceptors (Lipinski definition) is 7. The molecule has 1 aliphatic rings. The predicted molar refractivity (Wildman–Crippen MR) is 119 cm³/mol. The average molecular weight is 511 g/mol. The lowest BCUT2D eigenvalue weighted by Crippen LogP contribution is -2.29. The zero-order valence-electron chi connectivity index (χ0n) is 15.7. The number of aromatic nitrogens is 2. The summed E-state index contributed by atoms with van der Waals surface area (Å²) in [5, 5.41) is 18.2. The lowest BCUT2D eigenvalue weighted by Gasteiger charge is -2.26. The maximum atomic E-state index is 11.8. The Kier molecular flexibility index (Phi) is 6.50. The molecule has 4 rings (SSSR count). The normalized spacial score (nSPS) is 14.9. The molecule has 0 saturated carbocycles. The van der Waals surface area contributed by atoms with Crippen LogP contribution in [0.15, 0.2) is 53.8 Å². The van der Waals surface area contributed by atoms with Gasteiger partial charge in [-0.25, -0.2) is 4.79 Å². The van der Waals surface area contributed by atoms with Gasteiger partial charge in [0.15, 0.2) is 0 Å². The summed E-state index contributed by atoms with van der Waals surface area (Å²) in [7, 11) is 0. The maximum Gasteiger partial charge on any atom is 0.342 e. The number of nitrogens with zero attached hydrogens (tertiary/aromatic N) is 3. The lowest BCUT2D eigenvalue weighted by atomic mass is 10.1. The van der Waals surface area contributed by atoms with Gasteiger partial charge < -0.3 is 18.8 Å². The second kappa shape index (κ2) is 9.28. The summed E-state index contributed by atoms with van der Waals surface area (Å²) in [6.45, 7) is 1.84. The van der Waals surface area contributed by atoms with E-state index in [-0.39, 0.29) is 16.0 Å². The number of carbonyl (C=O) groups is 1. The van der Waals surface area contributed by atoms with E-state index in [0.717, 1.165) is 48.0 Å². The molecule has 1 N–H and O–H groups in total. The minimum Gasteiger partial charge on any atom is -0.477 e. The zero-order valence-corrected chi connectivity index (χ0v) is 18.8. The topological polar surface area (TPSA) is 92.6 Å². The molecule has 30 heavy (non-hydrogen) atoms. The van der Waals surface area contributed by atoms with Crippen LogP contribution in [-0.2, 0) is 4.79 Å². The number of carboxylic acids is 1. The highest BCUT2D eigenvalue weighted by Crippen LogP contribution is 2.35. The molecule has 1 aromatic carbocycles. The van der Waals surface area contributed by atoms with Crippen molar-refractivity contribution in [2.75, 3.05) is 18.0 Å². The third kappa shape index (κ3) is 4.91. The average Bonchev–Trinajstić information content (AvgIpc) is 3.35. The van der Waals surface area contributed by atoms with Crippen molar-refractivity contribution >= 4 is 57.2 Å². The number of anilines is 1. The molecule has 1 fully saturated rings. The van der Waals surface area contributed by atoms with E-state index in [1.54, 1.807) is 30.3 Å². The van der Waals surface area contributed by atoms with E-state index in [9.17, 15) is 9.90 Å².